The minimum atomic E-state index is -3.28. The molecule has 1 amide bonds. The Morgan fingerprint density at radius 1 is 1.12 bits per heavy atom. The Balaban J connectivity index is 1.59. The SMILES string of the molecule is CS(=O)(=O)c1ccc(-c2nc([C@H]3CC[C@H](NC(=O)O)CC3)n3c2cnc2[nH]ccc23)cc1. The van der Waals surface area contributed by atoms with Crippen LogP contribution in [0.15, 0.2) is 47.6 Å². The van der Waals surface area contributed by atoms with E-state index in [0.29, 0.717) is 0 Å². The number of nitrogens with one attached hydrogen (secondary N) is 2. The van der Waals surface area contributed by atoms with Crippen molar-refractivity contribution < 1.29 is 18.3 Å². The normalized spacial score (nSPS) is 19.4. The predicted octanol–water partition coefficient (Wildman–Crippen LogP) is 3.57. The van der Waals surface area contributed by atoms with Crippen molar-refractivity contribution >= 4 is 32.6 Å². The van der Waals surface area contributed by atoms with Crippen molar-refractivity contribution in [2.75, 3.05) is 6.26 Å². The summed E-state index contributed by atoms with van der Waals surface area (Å²) in [5.41, 5.74) is 4.11. The molecule has 1 fully saturated rings. The lowest BCUT2D eigenvalue weighted by molar-refractivity contribution is 0.184. The highest BCUT2D eigenvalue weighted by atomic mass is 32.2. The molecule has 1 aromatic carbocycles. The van der Waals surface area contributed by atoms with E-state index < -0.39 is 15.9 Å². The molecule has 0 spiro atoms. The van der Waals surface area contributed by atoms with Gasteiger partial charge in [-0.1, -0.05) is 12.1 Å². The number of amides is 1. The number of fused-ring (bicyclic) bond motifs is 3. The molecule has 1 aliphatic carbocycles. The Morgan fingerprint density at radius 3 is 2.50 bits per heavy atom. The lowest BCUT2D eigenvalue weighted by Gasteiger charge is -2.27. The monoisotopic (exact) mass is 453 g/mol. The molecule has 0 unspecified atom stereocenters. The molecule has 10 heteroatoms. The summed E-state index contributed by atoms with van der Waals surface area (Å²) in [4.78, 5) is 23.9. The number of sulfone groups is 1. The molecule has 166 valence electrons. The van der Waals surface area contributed by atoms with Gasteiger partial charge in [-0.05, 0) is 43.9 Å². The van der Waals surface area contributed by atoms with Crippen LogP contribution in [-0.4, -0.2) is 51.3 Å². The first-order valence-corrected chi connectivity index (χ1v) is 12.3. The van der Waals surface area contributed by atoms with Crippen LogP contribution in [0.3, 0.4) is 0 Å². The number of benzene rings is 1. The van der Waals surface area contributed by atoms with E-state index in [1.165, 1.54) is 6.26 Å². The Morgan fingerprint density at radius 2 is 1.84 bits per heavy atom. The zero-order valence-corrected chi connectivity index (χ0v) is 18.3. The van der Waals surface area contributed by atoms with Crippen LogP contribution in [-0.2, 0) is 9.84 Å². The van der Waals surface area contributed by atoms with Gasteiger partial charge in [0.25, 0.3) is 0 Å². The van der Waals surface area contributed by atoms with Gasteiger partial charge in [0.2, 0.25) is 0 Å². The van der Waals surface area contributed by atoms with Gasteiger partial charge in [0, 0.05) is 30.0 Å². The number of aromatic amines is 1. The fourth-order valence-corrected chi connectivity index (χ4v) is 5.23. The summed E-state index contributed by atoms with van der Waals surface area (Å²) in [5.74, 6) is 1.10. The average molecular weight is 454 g/mol. The summed E-state index contributed by atoms with van der Waals surface area (Å²) in [6.45, 7) is 0. The zero-order valence-electron chi connectivity index (χ0n) is 17.4. The van der Waals surface area contributed by atoms with Crippen molar-refractivity contribution in [3.63, 3.8) is 0 Å². The minimum Gasteiger partial charge on any atom is -0.465 e. The average Bonchev–Trinajstić information content (AvgIpc) is 3.38. The van der Waals surface area contributed by atoms with Gasteiger partial charge >= 0.3 is 6.09 Å². The zero-order chi connectivity index (χ0) is 22.5. The van der Waals surface area contributed by atoms with Crippen molar-refractivity contribution in [3.8, 4) is 11.3 Å². The van der Waals surface area contributed by atoms with Gasteiger partial charge in [0.1, 0.15) is 5.82 Å². The summed E-state index contributed by atoms with van der Waals surface area (Å²) in [5, 5.41) is 11.6. The molecule has 9 nitrogen and oxygen atoms in total. The molecular formula is C22H23N5O4S. The van der Waals surface area contributed by atoms with Gasteiger partial charge in [0.15, 0.2) is 15.5 Å². The second-order valence-electron chi connectivity index (χ2n) is 8.30. The minimum absolute atomic E-state index is 0.0353. The molecule has 4 aromatic rings. The smallest absolute Gasteiger partial charge is 0.404 e. The Kier molecular flexibility index (Phi) is 4.89. The molecule has 0 radical (unpaired) electrons. The molecule has 3 N–H and O–H groups in total. The molecule has 32 heavy (non-hydrogen) atoms. The molecule has 0 bridgehead atoms. The lowest BCUT2D eigenvalue weighted by Crippen LogP contribution is -2.36. The number of aromatic nitrogens is 4. The maximum Gasteiger partial charge on any atom is 0.404 e. The fourth-order valence-electron chi connectivity index (χ4n) is 4.60. The highest BCUT2D eigenvalue weighted by Gasteiger charge is 2.28. The summed E-state index contributed by atoms with van der Waals surface area (Å²) < 4.78 is 25.8. The van der Waals surface area contributed by atoms with Gasteiger partial charge < -0.3 is 15.4 Å². The Hall–Kier alpha value is -3.40. The molecule has 1 saturated carbocycles. The van der Waals surface area contributed by atoms with Crippen molar-refractivity contribution in [1.82, 2.24) is 24.7 Å². The lowest BCUT2D eigenvalue weighted by atomic mass is 9.85. The van der Waals surface area contributed by atoms with Crippen LogP contribution in [0.5, 0.6) is 0 Å². The van der Waals surface area contributed by atoms with E-state index >= 15 is 0 Å². The van der Waals surface area contributed by atoms with Crippen molar-refractivity contribution in [2.24, 2.45) is 0 Å². The van der Waals surface area contributed by atoms with Crippen molar-refractivity contribution in [1.29, 1.82) is 0 Å². The highest BCUT2D eigenvalue weighted by molar-refractivity contribution is 7.90. The fraction of sp³-hybridized carbons (Fsp3) is 0.318. The first kappa shape index (κ1) is 20.5. The van der Waals surface area contributed by atoms with Crippen LogP contribution >= 0.6 is 0 Å². The number of carbonyl (C=O) groups is 1. The van der Waals surface area contributed by atoms with E-state index in [4.69, 9.17) is 10.1 Å². The maximum atomic E-state index is 11.8. The summed E-state index contributed by atoms with van der Waals surface area (Å²) in [6.07, 6.45) is 6.99. The predicted molar refractivity (Wildman–Crippen MR) is 120 cm³/mol. The molecule has 1 aliphatic rings. The van der Waals surface area contributed by atoms with E-state index in [1.54, 1.807) is 30.5 Å². The van der Waals surface area contributed by atoms with E-state index in [1.807, 2.05) is 12.3 Å². The van der Waals surface area contributed by atoms with Crippen molar-refractivity contribution in [2.45, 2.75) is 42.5 Å². The molecule has 0 aliphatic heterocycles. The van der Waals surface area contributed by atoms with Gasteiger partial charge in [-0.25, -0.2) is 23.2 Å². The number of imidazole rings is 1. The number of H-pyrrole nitrogens is 1. The van der Waals surface area contributed by atoms with Crippen LogP contribution in [0.25, 0.3) is 27.9 Å². The van der Waals surface area contributed by atoms with Crippen LogP contribution in [0.4, 0.5) is 4.79 Å². The molecule has 5 rings (SSSR count). The van der Waals surface area contributed by atoms with E-state index in [0.717, 1.165) is 59.4 Å². The quantitative estimate of drug-likeness (QED) is 0.433. The second-order valence-corrected chi connectivity index (χ2v) is 10.3. The number of carboxylic acid groups (broad SMARTS) is 1. The third kappa shape index (κ3) is 3.60. The van der Waals surface area contributed by atoms with Crippen LogP contribution in [0.1, 0.15) is 37.4 Å². The summed E-state index contributed by atoms with van der Waals surface area (Å²) >= 11 is 0. The molecule has 0 atom stereocenters. The standard InChI is InChI=1S/C22H23N5O4S/c1-32(30,31)16-8-4-13(5-9-16)19-18-12-24-20-17(10-11-23-20)27(18)21(26-19)14-2-6-15(7-3-14)25-22(28)29/h4-5,8-12,14-15,23,25H,2-3,6-7H2,1H3,(H,28,29)/t14-,15-. The van der Waals surface area contributed by atoms with Crippen LogP contribution in [0, 0.1) is 0 Å². The van der Waals surface area contributed by atoms with Gasteiger partial charge in [-0.15, -0.1) is 0 Å². The Labute approximate surface area is 184 Å². The highest BCUT2D eigenvalue weighted by Crippen LogP contribution is 2.37. The maximum absolute atomic E-state index is 11.8. The Bertz CT molecular complexity index is 1410. The van der Waals surface area contributed by atoms with Gasteiger partial charge in [-0.3, -0.25) is 4.40 Å². The largest absolute Gasteiger partial charge is 0.465 e. The van der Waals surface area contributed by atoms with E-state index in [9.17, 15) is 13.2 Å². The number of hydrogen-bond acceptors (Lipinski definition) is 5. The third-order valence-electron chi connectivity index (χ3n) is 6.18. The number of rotatable bonds is 4. The second kappa shape index (κ2) is 7.63. The molecule has 3 aromatic heterocycles. The molecular weight excluding hydrogens is 430 g/mol. The van der Waals surface area contributed by atoms with E-state index in [-0.39, 0.29) is 16.9 Å². The topological polar surface area (TPSA) is 129 Å². The third-order valence-corrected chi connectivity index (χ3v) is 7.30. The summed E-state index contributed by atoms with van der Waals surface area (Å²) in [7, 11) is -3.28. The number of hydrogen-bond donors (Lipinski definition) is 3. The van der Waals surface area contributed by atoms with Crippen LogP contribution < -0.4 is 5.32 Å². The molecule has 0 saturated heterocycles. The van der Waals surface area contributed by atoms with Crippen molar-refractivity contribution in [3.05, 3.63) is 48.5 Å². The van der Waals surface area contributed by atoms with E-state index in [2.05, 4.69) is 19.7 Å². The first-order chi connectivity index (χ1) is 15.3. The summed E-state index contributed by atoms with van der Waals surface area (Å²) in [6, 6.07) is 8.68. The molecule has 3 heterocycles. The number of nitrogens with zero attached hydrogens (tertiary/aromatic N) is 3. The van der Waals surface area contributed by atoms with Gasteiger partial charge in [0.05, 0.1) is 27.8 Å². The first-order valence-electron chi connectivity index (χ1n) is 10.5. The van der Waals surface area contributed by atoms with Gasteiger partial charge in [-0.2, -0.15) is 0 Å². The van der Waals surface area contributed by atoms with Crippen LogP contribution in [0.2, 0.25) is 0 Å².